The van der Waals surface area contributed by atoms with Crippen molar-refractivity contribution in [2.75, 3.05) is 27.4 Å². The van der Waals surface area contributed by atoms with E-state index in [0.717, 1.165) is 5.56 Å². The highest BCUT2D eigenvalue weighted by Gasteiger charge is 2.46. The summed E-state index contributed by atoms with van der Waals surface area (Å²) in [4.78, 5) is 28.0. The van der Waals surface area contributed by atoms with Crippen LogP contribution in [0.3, 0.4) is 0 Å². The van der Waals surface area contributed by atoms with Crippen LogP contribution < -0.4 is 14.2 Å². The van der Waals surface area contributed by atoms with Crippen molar-refractivity contribution < 1.29 is 33.3 Å². The maximum absolute atomic E-state index is 13.4. The largest absolute Gasteiger partial charge is 0.507 e. The maximum atomic E-state index is 13.4. The minimum absolute atomic E-state index is 0.0777. The highest BCUT2D eigenvalue weighted by molar-refractivity contribution is 6.46. The quantitative estimate of drug-likeness (QED) is 0.218. The number of aliphatic hydroxyl groups is 1. The number of Topliss-reactive ketones (excluding diaryl/α,β-unsaturated/α-hetero) is 1. The van der Waals surface area contributed by atoms with Gasteiger partial charge in [0.15, 0.2) is 11.5 Å². The van der Waals surface area contributed by atoms with Crippen LogP contribution in [0.15, 0.2) is 66.2 Å². The molecule has 3 aromatic rings. The number of hydrogen-bond donors (Lipinski definition) is 1. The van der Waals surface area contributed by atoms with E-state index in [2.05, 4.69) is 0 Å². The van der Waals surface area contributed by atoms with Crippen molar-refractivity contribution in [3.63, 3.8) is 0 Å². The number of methoxy groups -OCH3 is 2. The number of ketones is 1. The van der Waals surface area contributed by atoms with Gasteiger partial charge in [-0.05, 0) is 66.9 Å². The molecule has 1 heterocycles. The minimum atomic E-state index is -0.915. The molecule has 1 aliphatic rings. The summed E-state index contributed by atoms with van der Waals surface area (Å²) in [5.41, 5.74) is 1.53. The fourth-order valence-electron chi connectivity index (χ4n) is 4.45. The summed E-state index contributed by atoms with van der Waals surface area (Å²) in [5, 5.41) is 11.7. The number of amides is 1. The molecule has 0 saturated carbocycles. The van der Waals surface area contributed by atoms with Crippen LogP contribution in [0.2, 0.25) is 5.02 Å². The Morgan fingerprint density at radius 1 is 0.974 bits per heavy atom. The molecular weight excluding hydrogens is 513 g/mol. The predicted octanol–water partition coefficient (Wildman–Crippen LogP) is 5.56. The molecule has 7 nitrogen and oxygen atoms in total. The SMILES string of the molecule is CCOc1cc(/C(O)=C2/C(=O)C(=O)N(CCc3ccc(F)cc3)C2c2ccc(OC)c(OC)c2)ccc1Cl. The molecule has 0 aliphatic carbocycles. The standard InChI is InChI=1S/C29H27ClFNO6/c1-4-38-23-16-19(7-11-21(23)30)27(33)25-26(18-8-12-22(36-2)24(15-18)37-3)32(29(35)28(25)34)14-13-17-5-9-20(31)10-6-17/h5-12,15-16,26,33H,4,13-14H2,1-3H3/b27-25-. The van der Waals surface area contributed by atoms with Crippen LogP contribution in [0.1, 0.15) is 29.7 Å². The molecule has 1 atom stereocenters. The first-order chi connectivity index (χ1) is 18.3. The molecule has 0 radical (unpaired) electrons. The summed E-state index contributed by atoms with van der Waals surface area (Å²) >= 11 is 6.21. The summed E-state index contributed by atoms with van der Waals surface area (Å²) in [7, 11) is 2.98. The first-order valence-corrected chi connectivity index (χ1v) is 12.3. The lowest BCUT2D eigenvalue weighted by molar-refractivity contribution is -0.139. The topological polar surface area (TPSA) is 85.3 Å². The molecule has 4 rings (SSSR count). The lowest BCUT2D eigenvalue weighted by Crippen LogP contribution is -2.31. The Bertz CT molecular complexity index is 1390. The van der Waals surface area contributed by atoms with Gasteiger partial charge in [0.1, 0.15) is 17.3 Å². The Balaban J connectivity index is 1.83. The van der Waals surface area contributed by atoms with E-state index in [0.29, 0.717) is 40.9 Å². The minimum Gasteiger partial charge on any atom is -0.507 e. The van der Waals surface area contributed by atoms with Gasteiger partial charge in [-0.25, -0.2) is 4.39 Å². The Morgan fingerprint density at radius 3 is 2.34 bits per heavy atom. The molecule has 1 amide bonds. The van der Waals surface area contributed by atoms with Crippen molar-refractivity contribution in [2.24, 2.45) is 0 Å². The molecule has 0 aromatic heterocycles. The average Bonchev–Trinajstić information content (AvgIpc) is 3.18. The Morgan fingerprint density at radius 2 is 1.68 bits per heavy atom. The van der Waals surface area contributed by atoms with Gasteiger partial charge in [-0.3, -0.25) is 9.59 Å². The zero-order valence-electron chi connectivity index (χ0n) is 21.2. The third-order valence-corrected chi connectivity index (χ3v) is 6.63. The van der Waals surface area contributed by atoms with Crippen LogP contribution >= 0.6 is 11.6 Å². The molecule has 1 aliphatic heterocycles. The lowest BCUT2D eigenvalue weighted by Gasteiger charge is -2.26. The van der Waals surface area contributed by atoms with Gasteiger partial charge >= 0.3 is 0 Å². The zero-order chi connectivity index (χ0) is 27.4. The number of aliphatic hydroxyl groups excluding tert-OH is 1. The van der Waals surface area contributed by atoms with E-state index in [1.54, 1.807) is 49.4 Å². The van der Waals surface area contributed by atoms with Crippen LogP contribution in [-0.4, -0.2) is 49.1 Å². The van der Waals surface area contributed by atoms with Gasteiger partial charge in [-0.2, -0.15) is 0 Å². The van der Waals surface area contributed by atoms with Gasteiger partial charge in [0.25, 0.3) is 11.7 Å². The number of ether oxygens (including phenoxy) is 3. The molecule has 0 bridgehead atoms. The van der Waals surface area contributed by atoms with E-state index >= 15 is 0 Å². The van der Waals surface area contributed by atoms with Crippen LogP contribution in [-0.2, 0) is 16.0 Å². The summed E-state index contributed by atoms with van der Waals surface area (Å²) in [6, 6.07) is 14.7. The smallest absolute Gasteiger partial charge is 0.295 e. The maximum Gasteiger partial charge on any atom is 0.295 e. The van der Waals surface area contributed by atoms with Crippen LogP contribution in [0, 0.1) is 5.82 Å². The summed E-state index contributed by atoms with van der Waals surface area (Å²) in [6.45, 7) is 2.30. The van der Waals surface area contributed by atoms with E-state index < -0.39 is 17.7 Å². The van der Waals surface area contributed by atoms with Crippen molar-refractivity contribution in [2.45, 2.75) is 19.4 Å². The third kappa shape index (κ3) is 5.31. The molecule has 1 saturated heterocycles. The highest BCUT2D eigenvalue weighted by Crippen LogP contribution is 2.42. The van der Waals surface area contributed by atoms with Crippen molar-refractivity contribution in [1.29, 1.82) is 0 Å². The molecule has 3 aromatic carbocycles. The molecule has 1 unspecified atom stereocenters. The number of hydrogen-bond acceptors (Lipinski definition) is 6. The fraction of sp³-hybridized carbons (Fsp3) is 0.241. The van der Waals surface area contributed by atoms with Crippen molar-refractivity contribution in [3.8, 4) is 17.2 Å². The number of benzene rings is 3. The monoisotopic (exact) mass is 539 g/mol. The van der Waals surface area contributed by atoms with E-state index in [1.165, 1.54) is 37.3 Å². The molecule has 0 spiro atoms. The number of carbonyl (C=O) groups is 2. The second kappa shape index (κ2) is 11.6. The lowest BCUT2D eigenvalue weighted by atomic mass is 9.94. The van der Waals surface area contributed by atoms with Crippen LogP contribution in [0.5, 0.6) is 17.2 Å². The predicted molar refractivity (Wildman–Crippen MR) is 141 cm³/mol. The van der Waals surface area contributed by atoms with Gasteiger partial charge in [-0.15, -0.1) is 0 Å². The first-order valence-electron chi connectivity index (χ1n) is 12.0. The Labute approximate surface area is 225 Å². The van der Waals surface area contributed by atoms with E-state index in [4.69, 9.17) is 25.8 Å². The number of likely N-dealkylation sites (tertiary alicyclic amines) is 1. The van der Waals surface area contributed by atoms with Gasteiger partial charge in [0, 0.05) is 12.1 Å². The molecule has 1 N–H and O–H groups in total. The summed E-state index contributed by atoms with van der Waals surface area (Å²) < 4.78 is 29.7. The van der Waals surface area contributed by atoms with Gasteiger partial charge < -0.3 is 24.2 Å². The fourth-order valence-corrected chi connectivity index (χ4v) is 4.63. The van der Waals surface area contributed by atoms with E-state index in [-0.39, 0.29) is 29.3 Å². The third-order valence-electron chi connectivity index (χ3n) is 6.32. The first kappa shape index (κ1) is 27.0. The van der Waals surface area contributed by atoms with Crippen molar-refractivity contribution in [1.82, 2.24) is 4.90 Å². The van der Waals surface area contributed by atoms with E-state index in [1.807, 2.05) is 0 Å². The highest BCUT2D eigenvalue weighted by atomic mass is 35.5. The summed E-state index contributed by atoms with van der Waals surface area (Å²) in [5.74, 6) is -1.09. The second-order valence-electron chi connectivity index (χ2n) is 8.56. The van der Waals surface area contributed by atoms with Gasteiger partial charge in [0.2, 0.25) is 0 Å². The van der Waals surface area contributed by atoms with Crippen molar-refractivity contribution in [3.05, 3.63) is 93.8 Å². The molecule has 1 fully saturated rings. The Hall–Kier alpha value is -4.04. The molecule has 9 heteroatoms. The number of halogens is 2. The van der Waals surface area contributed by atoms with Crippen LogP contribution in [0.4, 0.5) is 4.39 Å². The van der Waals surface area contributed by atoms with Gasteiger partial charge in [0.05, 0.1) is 37.5 Å². The summed E-state index contributed by atoms with van der Waals surface area (Å²) in [6.07, 6.45) is 0.368. The second-order valence-corrected chi connectivity index (χ2v) is 8.97. The van der Waals surface area contributed by atoms with Gasteiger partial charge in [-0.1, -0.05) is 29.8 Å². The van der Waals surface area contributed by atoms with E-state index in [9.17, 15) is 19.1 Å². The average molecular weight is 540 g/mol. The number of rotatable bonds is 9. The number of nitrogens with zero attached hydrogens (tertiary/aromatic N) is 1. The Kier molecular flexibility index (Phi) is 8.22. The zero-order valence-corrected chi connectivity index (χ0v) is 21.9. The molecular formula is C29H27ClFNO6. The molecule has 38 heavy (non-hydrogen) atoms. The normalized spacial score (nSPS) is 16.6. The number of carbonyl (C=O) groups excluding carboxylic acids is 2. The van der Waals surface area contributed by atoms with Crippen LogP contribution in [0.25, 0.3) is 5.76 Å². The van der Waals surface area contributed by atoms with Crippen molar-refractivity contribution >= 4 is 29.1 Å². The molecule has 198 valence electrons.